The highest BCUT2D eigenvalue weighted by Gasteiger charge is 2.33. The lowest BCUT2D eigenvalue weighted by Gasteiger charge is -2.20. The lowest BCUT2D eigenvalue weighted by molar-refractivity contribution is -0.137. The normalized spacial score (nSPS) is 13.0. The number of amides is 2. The van der Waals surface area contributed by atoms with Gasteiger partial charge in [0.2, 0.25) is 0 Å². The Kier molecular flexibility index (Phi) is 5.67. The molecule has 0 bridgehead atoms. The summed E-state index contributed by atoms with van der Waals surface area (Å²) in [6.45, 7) is -0.0114. The predicted molar refractivity (Wildman–Crippen MR) is 123 cm³/mol. The zero-order chi connectivity index (χ0) is 26.6. The van der Waals surface area contributed by atoms with Gasteiger partial charge in [0, 0.05) is 23.7 Å². The fourth-order valence-corrected chi connectivity index (χ4v) is 4.02. The van der Waals surface area contributed by atoms with E-state index in [9.17, 15) is 31.5 Å². The molecule has 0 spiro atoms. The van der Waals surface area contributed by atoms with Gasteiger partial charge in [-0.3, -0.25) is 4.79 Å². The predicted octanol–water partition coefficient (Wildman–Crippen LogP) is 5.68. The van der Waals surface area contributed by atoms with Gasteiger partial charge in [-0.1, -0.05) is 11.6 Å². The number of alkyl halides is 3. The Hall–Kier alpha value is -4.39. The first-order valence-electron chi connectivity index (χ1n) is 10.4. The summed E-state index contributed by atoms with van der Waals surface area (Å²) in [5.74, 6) is -3.70. The highest BCUT2D eigenvalue weighted by Crippen LogP contribution is 2.44. The van der Waals surface area contributed by atoms with Crippen molar-refractivity contribution in [1.82, 2.24) is 15.1 Å². The molecule has 2 heterocycles. The summed E-state index contributed by atoms with van der Waals surface area (Å²) in [4.78, 5) is 25.2. The lowest BCUT2D eigenvalue weighted by Crippen LogP contribution is -2.33. The molecule has 4 N–H and O–H groups in total. The second kappa shape index (κ2) is 8.62. The van der Waals surface area contributed by atoms with Crippen LogP contribution < -0.4 is 21.1 Å². The van der Waals surface area contributed by atoms with E-state index in [1.54, 1.807) is 0 Å². The number of anilines is 2. The third kappa shape index (κ3) is 4.37. The molecule has 190 valence electrons. The van der Waals surface area contributed by atoms with Crippen molar-refractivity contribution in [3.05, 3.63) is 75.8 Å². The standard InChI is InChI=1S/C23H13ClF5N5O3/c24-14-2-1-12(25)7-16(14)37-19-15(5-10-8-31-22(36)34-18(10)17(19)20(30)33-34)32-21(35)9-3-11(23(27,28)29)6-13(26)4-9/h1-7H,8H2,(H2,30,33)(H,31,36)(H,32,35). The minimum atomic E-state index is -4.90. The minimum absolute atomic E-state index is 0.0114. The maximum absolute atomic E-state index is 13.9. The van der Waals surface area contributed by atoms with E-state index in [1.165, 1.54) is 12.1 Å². The molecular formula is C23H13ClF5N5O3. The van der Waals surface area contributed by atoms with E-state index in [4.69, 9.17) is 22.1 Å². The molecule has 3 aromatic carbocycles. The van der Waals surface area contributed by atoms with Crippen molar-refractivity contribution < 1.29 is 36.3 Å². The molecule has 0 atom stereocenters. The average Bonchev–Trinajstić information content (AvgIpc) is 3.18. The Labute approximate surface area is 208 Å². The van der Waals surface area contributed by atoms with Gasteiger partial charge < -0.3 is 21.1 Å². The molecule has 0 aliphatic carbocycles. The quantitative estimate of drug-likeness (QED) is 0.290. The number of nitrogens with two attached hydrogens (primary N) is 1. The topological polar surface area (TPSA) is 111 Å². The van der Waals surface area contributed by atoms with E-state index in [0.717, 1.165) is 16.8 Å². The Morgan fingerprint density at radius 2 is 1.89 bits per heavy atom. The number of ether oxygens (including phenoxy) is 1. The molecule has 0 unspecified atom stereocenters. The van der Waals surface area contributed by atoms with E-state index >= 15 is 0 Å². The van der Waals surface area contributed by atoms with Gasteiger partial charge in [-0.25, -0.2) is 13.6 Å². The van der Waals surface area contributed by atoms with Gasteiger partial charge in [-0.15, -0.1) is 5.10 Å². The maximum atomic E-state index is 13.9. The average molecular weight is 538 g/mol. The molecule has 0 saturated carbocycles. The van der Waals surface area contributed by atoms with Crippen molar-refractivity contribution in [2.24, 2.45) is 0 Å². The van der Waals surface area contributed by atoms with Crippen LogP contribution in [0.15, 0.2) is 42.5 Å². The van der Waals surface area contributed by atoms with Crippen molar-refractivity contribution in [3.8, 4) is 11.5 Å². The van der Waals surface area contributed by atoms with Crippen LogP contribution in [0, 0.1) is 11.6 Å². The van der Waals surface area contributed by atoms with E-state index in [1.807, 2.05) is 0 Å². The number of nitrogen functional groups attached to an aromatic ring is 1. The first kappa shape index (κ1) is 24.3. The smallest absolute Gasteiger partial charge is 0.416 e. The van der Waals surface area contributed by atoms with Crippen LogP contribution in [-0.4, -0.2) is 21.7 Å². The molecule has 0 saturated heterocycles. The number of hydrogen-bond acceptors (Lipinski definition) is 5. The number of halogens is 6. The number of nitrogens with one attached hydrogen (secondary N) is 2. The van der Waals surface area contributed by atoms with Crippen molar-refractivity contribution in [2.45, 2.75) is 12.7 Å². The second-order valence-electron chi connectivity index (χ2n) is 7.95. The van der Waals surface area contributed by atoms with Crippen LogP contribution in [0.2, 0.25) is 5.02 Å². The summed E-state index contributed by atoms with van der Waals surface area (Å²) in [7, 11) is 0. The number of benzene rings is 3. The number of hydrogen-bond donors (Lipinski definition) is 3. The molecule has 0 radical (unpaired) electrons. The monoisotopic (exact) mass is 537 g/mol. The number of nitrogens with zero attached hydrogens (tertiary/aromatic N) is 2. The van der Waals surface area contributed by atoms with Crippen molar-refractivity contribution in [2.75, 3.05) is 11.1 Å². The lowest BCUT2D eigenvalue weighted by atomic mass is 10.1. The molecule has 0 fully saturated rings. The van der Waals surface area contributed by atoms with Crippen molar-refractivity contribution in [3.63, 3.8) is 0 Å². The number of carbonyl (C=O) groups is 2. The molecule has 4 aromatic rings. The molecule has 2 amide bonds. The summed E-state index contributed by atoms with van der Waals surface area (Å²) in [6.07, 6.45) is -4.90. The molecule has 14 heteroatoms. The zero-order valence-corrected chi connectivity index (χ0v) is 19.0. The third-order valence-corrected chi connectivity index (χ3v) is 5.78. The van der Waals surface area contributed by atoms with Crippen LogP contribution in [0.4, 0.5) is 38.3 Å². The van der Waals surface area contributed by atoms with Crippen LogP contribution in [-0.2, 0) is 12.7 Å². The fourth-order valence-electron chi connectivity index (χ4n) is 3.87. The van der Waals surface area contributed by atoms with Gasteiger partial charge in [-0.2, -0.15) is 17.9 Å². The number of carbonyl (C=O) groups excluding carboxylic acids is 2. The summed E-state index contributed by atoms with van der Waals surface area (Å²) in [5.41, 5.74) is 4.57. The van der Waals surface area contributed by atoms with E-state index in [-0.39, 0.29) is 51.5 Å². The third-order valence-electron chi connectivity index (χ3n) is 5.47. The highest BCUT2D eigenvalue weighted by molar-refractivity contribution is 6.32. The molecule has 8 nitrogen and oxygen atoms in total. The van der Waals surface area contributed by atoms with Crippen LogP contribution >= 0.6 is 11.6 Å². The number of aromatic nitrogens is 2. The van der Waals surface area contributed by atoms with Gasteiger partial charge in [-0.05, 0) is 36.4 Å². The Morgan fingerprint density at radius 1 is 1.14 bits per heavy atom. The first-order valence-corrected chi connectivity index (χ1v) is 10.7. The summed E-state index contributed by atoms with van der Waals surface area (Å²) in [5, 5.41) is 8.95. The largest absolute Gasteiger partial charge is 0.453 e. The van der Waals surface area contributed by atoms with Crippen LogP contribution in [0.25, 0.3) is 10.9 Å². The summed E-state index contributed by atoms with van der Waals surface area (Å²) >= 11 is 6.12. The Bertz CT molecular complexity index is 1620. The van der Waals surface area contributed by atoms with Gasteiger partial charge in [0.05, 0.1) is 27.2 Å². The van der Waals surface area contributed by atoms with Crippen LogP contribution in [0.3, 0.4) is 0 Å². The summed E-state index contributed by atoms with van der Waals surface area (Å²) < 4.78 is 74.1. The minimum Gasteiger partial charge on any atom is -0.453 e. The first-order chi connectivity index (χ1) is 17.4. The second-order valence-corrected chi connectivity index (χ2v) is 8.36. The van der Waals surface area contributed by atoms with E-state index < -0.39 is 40.9 Å². The van der Waals surface area contributed by atoms with E-state index in [0.29, 0.717) is 17.7 Å². The molecular weight excluding hydrogens is 525 g/mol. The SMILES string of the molecule is Nc1nn2c3c(cc(NC(=O)c4cc(F)cc(C(F)(F)F)c4)c(Oc4cc(F)ccc4Cl)c13)CNC2=O. The Balaban J connectivity index is 1.67. The van der Waals surface area contributed by atoms with Gasteiger partial charge >= 0.3 is 12.2 Å². The molecule has 5 rings (SSSR count). The van der Waals surface area contributed by atoms with Crippen LogP contribution in [0.5, 0.6) is 11.5 Å². The van der Waals surface area contributed by atoms with Gasteiger partial charge in [0.15, 0.2) is 11.6 Å². The van der Waals surface area contributed by atoms with Gasteiger partial charge in [0.1, 0.15) is 17.4 Å². The van der Waals surface area contributed by atoms with Gasteiger partial charge in [0.25, 0.3) is 5.91 Å². The number of rotatable bonds is 4. The fraction of sp³-hybridized carbons (Fsp3) is 0.0870. The Morgan fingerprint density at radius 3 is 2.62 bits per heavy atom. The van der Waals surface area contributed by atoms with Crippen LogP contribution in [0.1, 0.15) is 21.5 Å². The van der Waals surface area contributed by atoms with E-state index in [2.05, 4.69) is 15.7 Å². The van der Waals surface area contributed by atoms with Crippen molar-refractivity contribution in [1.29, 1.82) is 0 Å². The molecule has 1 aromatic heterocycles. The maximum Gasteiger partial charge on any atom is 0.416 e. The molecule has 1 aliphatic heterocycles. The summed E-state index contributed by atoms with van der Waals surface area (Å²) in [6, 6.07) is 5.38. The zero-order valence-electron chi connectivity index (χ0n) is 18.2. The molecule has 37 heavy (non-hydrogen) atoms. The van der Waals surface area contributed by atoms with Crippen molar-refractivity contribution >= 4 is 45.9 Å². The highest BCUT2D eigenvalue weighted by atomic mass is 35.5. The molecule has 1 aliphatic rings.